The highest BCUT2D eigenvalue weighted by atomic mass is 35.5. The van der Waals surface area contributed by atoms with E-state index in [0.717, 1.165) is 0 Å². The van der Waals surface area contributed by atoms with E-state index in [4.69, 9.17) is 22.3 Å². The first-order valence-corrected chi connectivity index (χ1v) is 1.78. The molecule has 0 rings (SSSR count). The standard InChI is InChI=1S/C3H8N4.ClH/c4-2(5)1-3(6)7;/h1H2,(H3,4,5)(H3,6,7);1H. The lowest BCUT2D eigenvalue weighted by molar-refractivity contribution is 1.29. The second-order valence-electron chi connectivity index (χ2n) is 1.23. The predicted octanol–water partition coefficient (Wildman–Crippen LogP) is -0.330. The van der Waals surface area contributed by atoms with E-state index in [9.17, 15) is 0 Å². The van der Waals surface area contributed by atoms with E-state index in [1.165, 1.54) is 0 Å². The monoisotopic (exact) mass is 136 g/mol. The number of hydrogen-bond acceptors (Lipinski definition) is 2. The summed E-state index contributed by atoms with van der Waals surface area (Å²) in [7, 11) is 0. The summed E-state index contributed by atoms with van der Waals surface area (Å²) >= 11 is 0. The first-order valence-electron chi connectivity index (χ1n) is 1.78. The molecule has 4 nitrogen and oxygen atoms in total. The van der Waals surface area contributed by atoms with Gasteiger partial charge >= 0.3 is 0 Å². The van der Waals surface area contributed by atoms with Gasteiger partial charge in [-0.3, -0.25) is 10.8 Å². The average molecular weight is 137 g/mol. The largest absolute Gasteiger partial charge is 0.387 e. The Hall–Kier alpha value is -0.770. The van der Waals surface area contributed by atoms with Gasteiger partial charge in [-0.1, -0.05) is 0 Å². The van der Waals surface area contributed by atoms with Gasteiger partial charge < -0.3 is 11.5 Å². The quantitative estimate of drug-likeness (QED) is 0.309. The van der Waals surface area contributed by atoms with Crippen LogP contribution in [0.25, 0.3) is 0 Å². The predicted molar refractivity (Wildman–Crippen MR) is 35.7 cm³/mol. The van der Waals surface area contributed by atoms with Crippen molar-refractivity contribution in [3.63, 3.8) is 0 Å². The van der Waals surface area contributed by atoms with Crippen LogP contribution < -0.4 is 11.5 Å². The number of amidine groups is 2. The van der Waals surface area contributed by atoms with Gasteiger partial charge in [-0.2, -0.15) is 0 Å². The van der Waals surface area contributed by atoms with Crippen molar-refractivity contribution in [1.29, 1.82) is 10.8 Å². The lowest BCUT2D eigenvalue weighted by Gasteiger charge is -1.90. The third-order valence-electron chi connectivity index (χ3n) is 0.381. The first kappa shape index (κ1) is 10.3. The second-order valence-corrected chi connectivity index (χ2v) is 1.23. The molecule has 0 saturated heterocycles. The molecule has 0 radical (unpaired) electrons. The zero-order valence-corrected chi connectivity index (χ0v) is 5.09. The van der Waals surface area contributed by atoms with Crippen molar-refractivity contribution >= 4 is 24.1 Å². The molecule has 0 aromatic heterocycles. The summed E-state index contributed by atoms with van der Waals surface area (Å²) in [6, 6.07) is 0. The van der Waals surface area contributed by atoms with Crippen molar-refractivity contribution in [3.05, 3.63) is 0 Å². The maximum absolute atomic E-state index is 6.58. The van der Waals surface area contributed by atoms with E-state index in [-0.39, 0.29) is 30.5 Å². The van der Waals surface area contributed by atoms with Crippen LogP contribution in [0.4, 0.5) is 0 Å². The molecule has 0 atom stereocenters. The van der Waals surface area contributed by atoms with Gasteiger partial charge in [0.15, 0.2) is 0 Å². The first-order chi connectivity index (χ1) is 3.13. The van der Waals surface area contributed by atoms with E-state index < -0.39 is 0 Å². The normalized spacial score (nSPS) is 7.00. The van der Waals surface area contributed by atoms with Gasteiger partial charge in [-0.15, -0.1) is 12.4 Å². The zero-order chi connectivity index (χ0) is 5.86. The van der Waals surface area contributed by atoms with Crippen LogP contribution in [0.2, 0.25) is 0 Å². The molecule has 6 N–H and O–H groups in total. The Morgan fingerprint density at radius 1 is 1.12 bits per heavy atom. The fourth-order valence-corrected chi connectivity index (χ4v) is 0.205. The molecule has 0 aromatic rings. The van der Waals surface area contributed by atoms with Crippen molar-refractivity contribution in [2.75, 3.05) is 0 Å². The van der Waals surface area contributed by atoms with E-state index in [1.54, 1.807) is 0 Å². The van der Waals surface area contributed by atoms with Crippen LogP contribution in [-0.4, -0.2) is 11.7 Å². The Kier molecular flexibility index (Phi) is 5.63. The van der Waals surface area contributed by atoms with Gasteiger partial charge in [0.1, 0.15) is 0 Å². The van der Waals surface area contributed by atoms with Crippen LogP contribution >= 0.6 is 12.4 Å². The molecule has 0 spiro atoms. The summed E-state index contributed by atoms with van der Waals surface area (Å²) in [5.74, 6) is -0.125. The van der Waals surface area contributed by atoms with Gasteiger partial charge in [0.2, 0.25) is 0 Å². The van der Waals surface area contributed by atoms with Crippen LogP contribution in [0, 0.1) is 10.8 Å². The summed E-state index contributed by atoms with van der Waals surface area (Å²) < 4.78 is 0. The molecule has 48 valence electrons. The molecule has 0 aliphatic heterocycles. The van der Waals surface area contributed by atoms with Crippen LogP contribution in [-0.2, 0) is 0 Å². The molecule has 5 heteroatoms. The molecule has 0 fully saturated rings. The Bertz CT molecular complexity index is 87.5. The molecule has 0 aromatic carbocycles. The smallest absolute Gasteiger partial charge is 0.0981 e. The van der Waals surface area contributed by atoms with Crippen LogP contribution in [0.5, 0.6) is 0 Å². The Balaban J connectivity index is 0. The highest BCUT2D eigenvalue weighted by Gasteiger charge is 1.88. The Morgan fingerprint density at radius 2 is 1.38 bits per heavy atom. The second kappa shape index (κ2) is 4.39. The minimum atomic E-state index is -0.0625. The summed E-state index contributed by atoms with van der Waals surface area (Å²) in [6.45, 7) is 0. The van der Waals surface area contributed by atoms with Gasteiger partial charge in [0.05, 0.1) is 18.1 Å². The Morgan fingerprint density at radius 3 is 1.38 bits per heavy atom. The van der Waals surface area contributed by atoms with E-state index in [2.05, 4.69) is 0 Å². The molecular formula is C3H9ClN4. The van der Waals surface area contributed by atoms with Crippen LogP contribution in [0.1, 0.15) is 6.42 Å². The molecule has 0 heterocycles. The van der Waals surface area contributed by atoms with Crippen LogP contribution in [0.3, 0.4) is 0 Å². The van der Waals surface area contributed by atoms with Crippen molar-refractivity contribution in [2.24, 2.45) is 11.5 Å². The van der Waals surface area contributed by atoms with E-state index in [1.807, 2.05) is 0 Å². The summed E-state index contributed by atoms with van der Waals surface area (Å²) in [4.78, 5) is 0. The summed E-state index contributed by atoms with van der Waals surface area (Å²) in [5.41, 5.74) is 9.71. The molecule has 0 saturated carbocycles. The lowest BCUT2D eigenvalue weighted by atomic mass is 10.4. The third-order valence-corrected chi connectivity index (χ3v) is 0.381. The molecule has 0 amide bonds. The van der Waals surface area contributed by atoms with Crippen molar-refractivity contribution < 1.29 is 0 Å². The highest BCUT2D eigenvalue weighted by molar-refractivity contribution is 5.97. The van der Waals surface area contributed by atoms with Gasteiger partial charge in [0.25, 0.3) is 0 Å². The number of nitrogens with one attached hydrogen (secondary N) is 2. The molecule has 0 aliphatic carbocycles. The SMILES string of the molecule is Cl.N=C(N)CC(=N)N. The number of hydrogen-bond donors (Lipinski definition) is 4. The summed E-state index contributed by atoms with van der Waals surface area (Å²) in [6.07, 6.45) is 0.0833. The zero-order valence-electron chi connectivity index (χ0n) is 4.27. The van der Waals surface area contributed by atoms with Crippen molar-refractivity contribution in [1.82, 2.24) is 0 Å². The van der Waals surface area contributed by atoms with E-state index in [0.29, 0.717) is 0 Å². The van der Waals surface area contributed by atoms with E-state index >= 15 is 0 Å². The number of rotatable bonds is 2. The minimum absolute atomic E-state index is 0. The fourth-order valence-electron chi connectivity index (χ4n) is 0.205. The lowest BCUT2D eigenvalue weighted by Crippen LogP contribution is -2.20. The maximum atomic E-state index is 6.58. The highest BCUT2D eigenvalue weighted by Crippen LogP contribution is 1.70. The third kappa shape index (κ3) is 8.97. The fraction of sp³-hybridized carbons (Fsp3) is 0.333. The minimum Gasteiger partial charge on any atom is -0.387 e. The molecule has 0 bridgehead atoms. The molecule has 0 unspecified atom stereocenters. The topological polar surface area (TPSA) is 99.7 Å². The van der Waals surface area contributed by atoms with Crippen molar-refractivity contribution in [2.45, 2.75) is 6.42 Å². The molecular weight excluding hydrogens is 128 g/mol. The van der Waals surface area contributed by atoms with Gasteiger partial charge in [-0.25, -0.2) is 0 Å². The van der Waals surface area contributed by atoms with Crippen LogP contribution in [0.15, 0.2) is 0 Å². The summed E-state index contributed by atoms with van der Waals surface area (Å²) in [5, 5.41) is 13.2. The van der Waals surface area contributed by atoms with Gasteiger partial charge in [0, 0.05) is 0 Å². The Labute approximate surface area is 53.7 Å². The average Bonchev–Trinajstić information content (AvgIpc) is 1.27. The number of nitrogens with two attached hydrogens (primary N) is 2. The van der Waals surface area contributed by atoms with Crippen molar-refractivity contribution in [3.8, 4) is 0 Å². The van der Waals surface area contributed by atoms with Gasteiger partial charge in [-0.05, 0) is 0 Å². The molecule has 0 aliphatic rings. The molecule has 8 heavy (non-hydrogen) atoms. The maximum Gasteiger partial charge on any atom is 0.0981 e. The number of halogens is 1.